The van der Waals surface area contributed by atoms with Gasteiger partial charge in [-0.05, 0) is 55.3 Å². The van der Waals surface area contributed by atoms with Crippen LogP contribution in [0.2, 0.25) is 0 Å². The fraction of sp³-hybridized carbons (Fsp3) is 0.235. The average Bonchev–Trinajstić information content (AvgIpc) is 2.46. The van der Waals surface area contributed by atoms with E-state index in [4.69, 9.17) is 9.47 Å². The van der Waals surface area contributed by atoms with Crippen molar-refractivity contribution >= 4 is 22.2 Å². The molecule has 2 rings (SSSR count). The van der Waals surface area contributed by atoms with Gasteiger partial charge in [-0.15, -0.1) is 0 Å². The summed E-state index contributed by atoms with van der Waals surface area (Å²) >= 11 is 3.45. The number of rotatable bonds is 5. The smallest absolute Gasteiger partial charge is 0.150 e. The van der Waals surface area contributed by atoms with E-state index in [1.807, 2.05) is 44.2 Å². The molecule has 0 atom stereocenters. The molecule has 0 saturated carbocycles. The Kier molecular flexibility index (Phi) is 5.02. The summed E-state index contributed by atoms with van der Waals surface area (Å²) in [5.41, 5.74) is 3.53. The van der Waals surface area contributed by atoms with Crippen molar-refractivity contribution in [3.05, 3.63) is 57.1 Å². The van der Waals surface area contributed by atoms with Gasteiger partial charge < -0.3 is 9.47 Å². The number of hydrogen-bond acceptors (Lipinski definition) is 3. The molecule has 0 aliphatic carbocycles. The lowest BCUT2D eigenvalue weighted by Crippen LogP contribution is -2.02. The van der Waals surface area contributed by atoms with E-state index in [2.05, 4.69) is 15.9 Å². The molecule has 4 heteroatoms. The Morgan fingerprint density at radius 2 is 1.81 bits per heavy atom. The molecule has 0 radical (unpaired) electrons. The molecule has 0 bridgehead atoms. The summed E-state index contributed by atoms with van der Waals surface area (Å²) < 4.78 is 12.3. The van der Waals surface area contributed by atoms with Gasteiger partial charge in [0, 0.05) is 15.6 Å². The SMILES string of the molecule is COc1ccc(Br)cc1COc1c(C)cc(C=O)cc1C. The van der Waals surface area contributed by atoms with Crippen LogP contribution in [0.25, 0.3) is 0 Å². The zero-order chi connectivity index (χ0) is 15.4. The van der Waals surface area contributed by atoms with Crippen LogP contribution in [-0.2, 0) is 6.61 Å². The summed E-state index contributed by atoms with van der Waals surface area (Å²) in [6, 6.07) is 9.46. The predicted molar refractivity (Wildman–Crippen MR) is 86.3 cm³/mol. The molecule has 0 aliphatic rings. The number of aryl methyl sites for hydroxylation is 2. The number of carbonyl (C=O) groups excluding carboxylic acids is 1. The summed E-state index contributed by atoms with van der Waals surface area (Å²) in [5, 5.41) is 0. The molecular weight excluding hydrogens is 332 g/mol. The standard InChI is InChI=1S/C17H17BrO3/c1-11-6-13(9-19)7-12(2)17(11)21-10-14-8-15(18)4-5-16(14)20-3/h4-9H,10H2,1-3H3. The van der Waals surface area contributed by atoms with Crippen molar-refractivity contribution in [3.8, 4) is 11.5 Å². The normalized spacial score (nSPS) is 10.3. The third-order valence-electron chi connectivity index (χ3n) is 3.23. The first-order valence-corrected chi connectivity index (χ1v) is 7.36. The molecule has 0 amide bonds. The monoisotopic (exact) mass is 348 g/mol. The Bertz CT molecular complexity index is 642. The molecule has 0 unspecified atom stereocenters. The number of benzene rings is 2. The lowest BCUT2D eigenvalue weighted by atomic mass is 10.1. The first-order valence-electron chi connectivity index (χ1n) is 6.56. The van der Waals surface area contributed by atoms with Gasteiger partial charge in [0.1, 0.15) is 24.4 Å². The molecule has 110 valence electrons. The number of ether oxygens (including phenoxy) is 2. The van der Waals surface area contributed by atoms with Gasteiger partial charge in [-0.1, -0.05) is 15.9 Å². The van der Waals surface area contributed by atoms with Crippen LogP contribution in [0.4, 0.5) is 0 Å². The van der Waals surface area contributed by atoms with E-state index in [1.165, 1.54) is 0 Å². The van der Waals surface area contributed by atoms with E-state index in [0.717, 1.165) is 38.9 Å². The lowest BCUT2D eigenvalue weighted by molar-refractivity contribution is 0.112. The van der Waals surface area contributed by atoms with Crippen molar-refractivity contribution in [3.63, 3.8) is 0 Å². The number of methoxy groups -OCH3 is 1. The highest BCUT2D eigenvalue weighted by atomic mass is 79.9. The Morgan fingerprint density at radius 3 is 2.38 bits per heavy atom. The van der Waals surface area contributed by atoms with Crippen molar-refractivity contribution in [1.82, 2.24) is 0 Å². The summed E-state index contributed by atoms with van der Waals surface area (Å²) in [6.07, 6.45) is 0.848. The Labute approximate surface area is 133 Å². The van der Waals surface area contributed by atoms with Gasteiger partial charge in [0.15, 0.2) is 0 Å². The van der Waals surface area contributed by atoms with Gasteiger partial charge >= 0.3 is 0 Å². The van der Waals surface area contributed by atoms with Crippen LogP contribution in [0.5, 0.6) is 11.5 Å². The van der Waals surface area contributed by atoms with Crippen molar-refractivity contribution in [2.75, 3.05) is 7.11 Å². The van der Waals surface area contributed by atoms with Crippen LogP contribution in [0.15, 0.2) is 34.8 Å². The minimum atomic E-state index is 0.407. The third-order valence-corrected chi connectivity index (χ3v) is 3.73. The van der Waals surface area contributed by atoms with E-state index >= 15 is 0 Å². The summed E-state index contributed by atoms with van der Waals surface area (Å²) in [6.45, 7) is 4.28. The fourth-order valence-corrected chi connectivity index (χ4v) is 2.70. The summed E-state index contributed by atoms with van der Waals surface area (Å²) in [4.78, 5) is 10.9. The van der Waals surface area contributed by atoms with E-state index < -0.39 is 0 Å². The molecule has 0 saturated heterocycles. The van der Waals surface area contributed by atoms with Crippen molar-refractivity contribution in [2.24, 2.45) is 0 Å². The minimum Gasteiger partial charge on any atom is -0.496 e. The minimum absolute atomic E-state index is 0.407. The third kappa shape index (κ3) is 3.64. The summed E-state index contributed by atoms with van der Waals surface area (Å²) in [7, 11) is 1.64. The molecule has 2 aromatic carbocycles. The fourth-order valence-electron chi connectivity index (χ4n) is 2.29. The maximum Gasteiger partial charge on any atom is 0.150 e. The molecule has 0 aliphatic heterocycles. The van der Waals surface area contributed by atoms with Gasteiger partial charge in [-0.2, -0.15) is 0 Å². The quantitative estimate of drug-likeness (QED) is 0.748. The molecule has 0 aromatic heterocycles. The Morgan fingerprint density at radius 1 is 1.14 bits per heavy atom. The molecule has 0 heterocycles. The van der Waals surface area contributed by atoms with Gasteiger partial charge in [-0.3, -0.25) is 4.79 Å². The molecule has 0 fully saturated rings. The highest BCUT2D eigenvalue weighted by Gasteiger charge is 2.09. The molecule has 0 spiro atoms. The highest BCUT2D eigenvalue weighted by molar-refractivity contribution is 9.10. The predicted octanol–water partition coefficient (Wildman–Crippen LogP) is 4.47. The van der Waals surface area contributed by atoms with Crippen molar-refractivity contribution in [2.45, 2.75) is 20.5 Å². The second-order valence-electron chi connectivity index (χ2n) is 4.85. The second kappa shape index (κ2) is 6.76. The first kappa shape index (κ1) is 15.6. The van der Waals surface area contributed by atoms with Crippen LogP contribution in [0.3, 0.4) is 0 Å². The number of halogens is 1. The average molecular weight is 349 g/mol. The topological polar surface area (TPSA) is 35.5 Å². The first-order chi connectivity index (χ1) is 10.0. The number of aldehydes is 1. The molecule has 0 N–H and O–H groups in total. The Hall–Kier alpha value is -1.81. The maximum atomic E-state index is 10.9. The lowest BCUT2D eigenvalue weighted by Gasteiger charge is -2.14. The van der Waals surface area contributed by atoms with E-state index in [9.17, 15) is 4.79 Å². The van der Waals surface area contributed by atoms with Gasteiger partial charge in [-0.25, -0.2) is 0 Å². The molecular formula is C17H17BrO3. The zero-order valence-electron chi connectivity index (χ0n) is 12.3. The zero-order valence-corrected chi connectivity index (χ0v) is 13.9. The van der Waals surface area contributed by atoms with E-state index in [1.54, 1.807) is 7.11 Å². The largest absolute Gasteiger partial charge is 0.496 e. The maximum absolute atomic E-state index is 10.9. The molecule has 21 heavy (non-hydrogen) atoms. The van der Waals surface area contributed by atoms with Gasteiger partial charge in [0.2, 0.25) is 0 Å². The van der Waals surface area contributed by atoms with Crippen molar-refractivity contribution in [1.29, 1.82) is 0 Å². The van der Waals surface area contributed by atoms with Crippen LogP contribution >= 0.6 is 15.9 Å². The van der Waals surface area contributed by atoms with Gasteiger partial charge in [0.05, 0.1) is 7.11 Å². The van der Waals surface area contributed by atoms with E-state index in [-0.39, 0.29) is 0 Å². The summed E-state index contributed by atoms with van der Waals surface area (Å²) in [5.74, 6) is 1.60. The van der Waals surface area contributed by atoms with Gasteiger partial charge in [0.25, 0.3) is 0 Å². The highest BCUT2D eigenvalue weighted by Crippen LogP contribution is 2.28. The van der Waals surface area contributed by atoms with Crippen LogP contribution in [-0.4, -0.2) is 13.4 Å². The van der Waals surface area contributed by atoms with Crippen molar-refractivity contribution < 1.29 is 14.3 Å². The Balaban J connectivity index is 2.24. The molecule has 2 aromatic rings. The molecule has 3 nitrogen and oxygen atoms in total. The number of carbonyl (C=O) groups is 1. The van der Waals surface area contributed by atoms with Crippen LogP contribution in [0, 0.1) is 13.8 Å². The number of hydrogen-bond donors (Lipinski definition) is 0. The van der Waals surface area contributed by atoms with E-state index in [0.29, 0.717) is 12.2 Å². The second-order valence-corrected chi connectivity index (χ2v) is 5.76. The van der Waals surface area contributed by atoms with Crippen LogP contribution in [0.1, 0.15) is 27.0 Å². The van der Waals surface area contributed by atoms with Crippen LogP contribution < -0.4 is 9.47 Å².